The van der Waals surface area contributed by atoms with Gasteiger partial charge in [0.05, 0.1) is 16.7 Å². The van der Waals surface area contributed by atoms with Gasteiger partial charge in [-0.2, -0.15) is 5.10 Å². The molecule has 0 fully saturated rings. The number of hydrogen-bond acceptors (Lipinski definition) is 4. The van der Waals surface area contributed by atoms with E-state index in [4.69, 9.17) is 11.6 Å². The Balaban J connectivity index is 1.92. The van der Waals surface area contributed by atoms with Gasteiger partial charge in [-0.05, 0) is 54.8 Å². The van der Waals surface area contributed by atoms with Gasteiger partial charge >= 0.3 is 0 Å². The van der Waals surface area contributed by atoms with E-state index in [-0.39, 0.29) is 5.92 Å². The van der Waals surface area contributed by atoms with E-state index in [1.165, 1.54) is 11.1 Å². The van der Waals surface area contributed by atoms with Crippen molar-refractivity contribution in [1.82, 2.24) is 20.1 Å². The molecule has 0 saturated heterocycles. The smallest absolute Gasteiger partial charge is 0.123 e. The topological polar surface area (TPSA) is 61.9 Å². The number of nitrogens with zero attached hydrogens (tertiary/aromatic N) is 3. The molecule has 3 aromatic rings. The first-order valence-corrected chi connectivity index (χ1v) is 9.16. The number of pyridine rings is 1. The van der Waals surface area contributed by atoms with Crippen LogP contribution in [0.5, 0.6) is 0 Å². The third-order valence-corrected chi connectivity index (χ3v) is 5.02. The van der Waals surface area contributed by atoms with E-state index >= 15 is 0 Å². The Bertz CT molecular complexity index is 878. The predicted molar refractivity (Wildman–Crippen MR) is 104 cm³/mol. The van der Waals surface area contributed by atoms with E-state index in [0.29, 0.717) is 11.4 Å². The fourth-order valence-corrected chi connectivity index (χ4v) is 3.52. The summed E-state index contributed by atoms with van der Waals surface area (Å²) >= 11 is 6.43. The number of nitrogens with one attached hydrogen (secondary N) is 1. The van der Waals surface area contributed by atoms with Crippen molar-refractivity contribution in [2.45, 2.75) is 32.9 Å². The Labute approximate surface area is 158 Å². The molecule has 26 heavy (non-hydrogen) atoms. The average molecular weight is 371 g/mol. The molecule has 0 aliphatic heterocycles. The molecule has 0 bridgehead atoms. The van der Waals surface area contributed by atoms with Crippen molar-refractivity contribution < 1.29 is 4.79 Å². The fraction of sp³-hybridized carbons (Fsp3) is 0.350. The number of carbonyl (C=O) groups excluding carboxylic acids is 1. The van der Waals surface area contributed by atoms with Gasteiger partial charge in [-0.15, -0.1) is 0 Å². The summed E-state index contributed by atoms with van der Waals surface area (Å²) < 4.78 is 0. The molecular weight excluding hydrogens is 348 g/mol. The molecule has 0 radical (unpaired) electrons. The Morgan fingerprint density at radius 2 is 2.08 bits per heavy atom. The molecule has 0 aliphatic rings. The molecule has 3 rings (SSSR count). The highest BCUT2D eigenvalue weighted by Crippen LogP contribution is 2.31. The molecule has 0 spiro atoms. The summed E-state index contributed by atoms with van der Waals surface area (Å²) in [5, 5.41) is 8.82. The Morgan fingerprint density at radius 3 is 2.77 bits per heavy atom. The Kier molecular flexibility index (Phi) is 6.01. The summed E-state index contributed by atoms with van der Waals surface area (Å²) in [4.78, 5) is 17.7. The minimum atomic E-state index is -0.000304. The lowest BCUT2D eigenvalue weighted by Crippen LogP contribution is -2.19. The number of hydrogen-bond donors (Lipinski definition) is 1. The molecule has 0 aliphatic carbocycles. The lowest BCUT2D eigenvalue weighted by molar-refractivity contribution is -0.111. The number of rotatable bonds is 8. The largest absolute Gasteiger partial charge is 0.303 e. The van der Waals surface area contributed by atoms with Crippen LogP contribution in [0.25, 0.3) is 10.9 Å². The van der Waals surface area contributed by atoms with Crippen LogP contribution < -0.4 is 0 Å². The minimum Gasteiger partial charge on any atom is -0.303 e. The normalized spacial score (nSPS) is 12.6. The van der Waals surface area contributed by atoms with E-state index in [1.54, 1.807) is 12.4 Å². The lowest BCUT2D eigenvalue weighted by Gasteiger charge is -2.21. The fourth-order valence-electron chi connectivity index (χ4n) is 3.25. The molecule has 5 nitrogen and oxygen atoms in total. The zero-order valence-electron chi connectivity index (χ0n) is 15.1. The first-order valence-electron chi connectivity index (χ1n) is 8.78. The summed E-state index contributed by atoms with van der Waals surface area (Å²) in [5.41, 5.74) is 4.35. The summed E-state index contributed by atoms with van der Waals surface area (Å²) in [6.45, 7) is 3.60. The summed E-state index contributed by atoms with van der Waals surface area (Å²) in [5.74, 6) is -0.000304. The Morgan fingerprint density at radius 1 is 1.31 bits per heavy atom. The summed E-state index contributed by atoms with van der Waals surface area (Å²) in [6, 6.07) is 6.02. The molecule has 2 aromatic heterocycles. The monoisotopic (exact) mass is 370 g/mol. The van der Waals surface area contributed by atoms with Crippen LogP contribution >= 0.6 is 11.6 Å². The number of aldehydes is 1. The molecule has 1 aromatic carbocycles. The van der Waals surface area contributed by atoms with Crippen molar-refractivity contribution in [3.63, 3.8) is 0 Å². The van der Waals surface area contributed by atoms with Gasteiger partial charge in [-0.25, -0.2) is 0 Å². The van der Waals surface area contributed by atoms with Crippen molar-refractivity contribution in [2.75, 3.05) is 7.05 Å². The van der Waals surface area contributed by atoms with Gasteiger partial charge in [0.15, 0.2) is 0 Å². The second-order valence-corrected chi connectivity index (χ2v) is 7.10. The van der Waals surface area contributed by atoms with Gasteiger partial charge in [-0.1, -0.05) is 18.5 Å². The van der Waals surface area contributed by atoms with Crippen molar-refractivity contribution in [3.05, 3.63) is 58.5 Å². The number of fused-ring (bicyclic) bond motifs is 1. The number of aromatic amines is 1. The highest BCUT2D eigenvalue weighted by molar-refractivity contribution is 6.35. The second kappa shape index (κ2) is 8.43. The van der Waals surface area contributed by atoms with E-state index in [9.17, 15) is 4.79 Å². The van der Waals surface area contributed by atoms with Gasteiger partial charge in [0.25, 0.3) is 0 Å². The molecule has 6 heteroatoms. The lowest BCUT2D eigenvalue weighted by atomic mass is 9.92. The quantitative estimate of drug-likeness (QED) is 0.608. The summed E-state index contributed by atoms with van der Waals surface area (Å²) in [6.07, 6.45) is 7.98. The molecule has 1 atom stereocenters. The molecule has 0 amide bonds. The number of aromatic nitrogens is 3. The number of H-pyrrole nitrogens is 1. The van der Waals surface area contributed by atoms with Gasteiger partial charge in [0.2, 0.25) is 0 Å². The van der Waals surface area contributed by atoms with Crippen LogP contribution in [-0.4, -0.2) is 33.4 Å². The van der Waals surface area contributed by atoms with Gasteiger partial charge in [0, 0.05) is 36.8 Å². The number of benzene rings is 1. The standard InChI is InChI=1S/C20H23ClN4O/c1-3-14(13-26)8-16-9-19(21)20-17(10-23-24-20)18(16)12-25(2)11-15-4-6-22-7-5-15/h4-7,9-10,13-14H,3,8,11-12H2,1-2H3,(H,23,24)/t14-/m1/s1. The Hall–Kier alpha value is -2.24. The van der Waals surface area contributed by atoms with Crippen LogP contribution in [0.1, 0.15) is 30.0 Å². The first-order chi connectivity index (χ1) is 12.6. The zero-order valence-corrected chi connectivity index (χ0v) is 15.8. The molecule has 0 unspecified atom stereocenters. The maximum absolute atomic E-state index is 11.3. The molecule has 136 valence electrons. The van der Waals surface area contributed by atoms with Gasteiger partial charge in [0.1, 0.15) is 6.29 Å². The van der Waals surface area contributed by atoms with E-state index in [2.05, 4.69) is 27.1 Å². The maximum Gasteiger partial charge on any atom is 0.123 e. The second-order valence-electron chi connectivity index (χ2n) is 6.69. The number of halogens is 1. The highest BCUT2D eigenvalue weighted by Gasteiger charge is 2.17. The predicted octanol–water partition coefficient (Wildman–Crippen LogP) is 4.01. The first kappa shape index (κ1) is 18.5. The number of carbonyl (C=O) groups is 1. The van der Waals surface area contributed by atoms with Crippen molar-refractivity contribution in [3.8, 4) is 0 Å². The zero-order chi connectivity index (χ0) is 18.5. The van der Waals surface area contributed by atoms with Crippen molar-refractivity contribution in [1.29, 1.82) is 0 Å². The van der Waals surface area contributed by atoms with E-state index in [0.717, 1.165) is 42.3 Å². The van der Waals surface area contributed by atoms with Crippen molar-refractivity contribution in [2.24, 2.45) is 5.92 Å². The van der Waals surface area contributed by atoms with Crippen LogP contribution in [0.4, 0.5) is 0 Å². The van der Waals surface area contributed by atoms with Gasteiger partial charge in [-0.3, -0.25) is 15.0 Å². The van der Waals surface area contributed by atoms with Crippen molar-refractivity contribution >= 4 is 28.8 Å². The third-order valence-electron chi connectivity index (χ3n) is 4.72. The third kappa shape index (κ3) is 4.11. The van der Waals surface area contributed by atoms with Crippen LogP contribution in [-0.2, 0) is 24.3 Å². The minimum absolute atomic E-state index is 0.000304. The average Bonchev–Trinajstić information content (AvgIpc) is 3.14. The van der Waals surface area contributed by atoms with E-state index in [1.807, 2.05) is 31.3 Å². The maximum atomic E-state index is 11.3. The molecule has 1 N–H and O–H groups in total. The molecular formula is C20H23ClN4O. The van der Waals surface area contributed by atoms with Crippen LogP contribution in [0.3, 0.4) is 0 Å². The van der Waals surface area contributed by atoms with Crippen LogP contribution in [0, 0.1) is 5.92 Å². The SMILES string of the molecule is CC[C@@H](C=O)Cc1cc(Cl)c2[nH]ncc2c1CN(C)Cc1ccncc1. The highest BCUT2D eigenvalue weighted by atomic mass is 35.5. The van der Waals surface area contributed by atoms with E-state index < -0.39 is 0 Å². The van der Waals surface area contributed by atoms with Crippen LogP contribution in [0.15, 0.2) is 36.8 Å². The molecule has 2 heterocycles. The van der Waals surface area contributed by atoms with Gasteiger partial charge < -0.3 is 4.79 Å². The molecule has 0 saturated carbocycles. The summed E-state index contributed by atoms with van der Waals surface area (Å²) in [7, 11) is 2.09. The van der Waals surface area contributed by atoms with Crippen LogP contribution in [0.2, 0.25) is 5.02 Å².